The summed E-state index contributed by atoms with van der Waals surface area (Å²) in [4.78, 5) is 12.8. The maximum absolute atomic E-state index is 11.8. The third-order valence-electron chi connectivity index (χ3n) is 2.81. The van der Waals surface area contributed by atoms with E-state index in [9.17, 15) is 4.79 Å². The van der Waals surface area contributed by atoms with Crippen LogP contribution in [-0.2, 0) is 4.79 Å². The van der Waals surface area contributed by atoms with Gasteiger partial charge < -0.3 is 11.1 Å². The van der Waals surface area contributed by atoms with Crippen molar-refractivity contribution in [1.82, 2.24) is 0 Å². The molecule has 1 amide bonds. The van der Waals surface area contributed by atoms with Crippen LogP contribution >= 0.6 is 11.8 Å². The molecule has 0 aliphatic carbocycles. The van der Waals surface area contributed by atoms with E-state index in [4.69, 9.17) is 5.73 Å². The predicted molar refractivity (Wildman–Crippen MR) is 86.0 cm³/mol. The molecule has 3 N–H and O–H groups in total. The number of hydrogen-bond donors (Lipinski definition) is 2. The van der Waals surface area contributed by atoms with Crippen molar-refractivity contribution in [2.45, 2.75) is 18.2 Å². The van der Waals surface area contributed by atoms with Gasteiger partial charge in [0.05, 0.1) is 0 Å². The Labute approximate surface area is 123 Å². The van der Waals surface area contributed by atoms with Gasteiger partial charge in [-0.05, 0) is 36.8 Å². The fourth-order valence-corrected chi connectivity index (χ4v) is 2.78. The normalized spacial score (nSPS) is 10.2. The van der Waals surface area contributed by atoms with Gasteiger partial charge in [-0.3, -0.25) is 4.79 Å². The fourth-order valence-electron chi connectivity index (χ4n) is 1.77. The molecule has 0 spiro atoms. The summed E-state index contributed by atoms with van der Waals surface area (Å²) in [6.07, 6.45) is 0.465. The third-order valence-corrected chi connectivity index (χ3v) is 3.89. The van der Waals surface area contributed by atoms with Gasteiger partial charge in [-0.25, -0.2) is 0 Å². The molecule has 2 aromatic carbocycles. The number of hydrogen-bond acceptors (Lipinski definition) is 3. The number of rotatable bonds is 5. The molecule has 0 aliphatic rings. The van der Waals surface area contributed by atoms with Crippen LogP contribution in [0.1, 0.15) is 12.0 Å². The Morgan fingerprint density at radius 3 is 2.70 bits per heavy atom. The Morgan fingerprint density at radius 2 is 1.95 bits per heavy atom. The molecule has 0 radical (unpaired) electrons. The van der Waals surface area contributed by atoms with Crippen molar-refractivity contribution in [2.24, 2.45) is 0 Å². The standard InChI is InChI=1S/C16H18N2OS/c1-12-7-8-14(17)15(11-12)20-10-9-16(19)18-13-5-3-2-4-6-13/h2-8,11H,9-10,17H2,1H3,(H,18,19). The van der Waals surface area contributed by atoms with E-state index in [0.29, 0.717) is 12.2 Å². The van der Waals surface area contributed by atoms with Crippen molar-refractivity contribution in [3.63, 3.8) is 0 Å². The highest BCUT2D eigenvalue weighted by Crippen LogP contribution is 2.26. The van der Waals surface area contributed by atoms with E-state index in [0.717, 1.165) is 16.3 Å². The number of nitrogens with two attached hydrogens (primary N) is 1. The number of nitrogen functional groups attached to an aromatic ring is 1. The molecule has 20 heavy (non-hydrogen) atoms. The summed E-state index contributed by atoms with van der Waals surface area (Å²) in [5.74, 6) is 0.738. The number of amides is 1. The Bertz CT molecular complexity index is 584. The Hall–Kier alpha value is -1.94. The first-order valence-electron chi connectivity index (χ1n) is 6.49. The van der Waals surface area contributed by atoms with Crippen molar-refractivity contribution < 1.29 is 4.79 Å². The maximum Gasteiger partial charge on any atom is 0.225 e. The predicted octanol–water partition coefficient (Wildman–Crippen LogP) is 3.70. The Balaban J connectivity index is 1.81. The van der Waals surface area contributed by atoms with Crippen LogP contribution in [0, 0.1) is 6.92 Å². The molecular weight excluding hydrogens is 268 g/mol. The van der Waals surface area contributed by atoms with Gasteiger partial charge in [0.25, 0.3) is 0 Å². The first-order chi connectivity index (χ1) is 9.65. The lowest BCUT2D eigenvalue weighted by molar-refractivity contribution is -0.115. The minimum Gasteiger partial charge on any atom is -0.398 e. The molecule has 104 valence electrons. The van der Waals surface area contributed by atoms with Gasteiger partial charge in [0.15, 0.2) is 0 Å². The summed E-state index contributed by atoms with van der Waals surface area (Å²) in [5, 5.41) is 2.87. The minimum atomic E-state index is 0.0231. The molecule has 4 heteroatoms. The Kier molecular flexibility index (Phi) is 5.07. The topological polar surface area (TPSA) is 55.1 Å². The number of anilines is 2. The van der Waals surface area contributed by atoms with Crippen LogP contribution in [0.4, 0.5) is 11.4 Å². The molecule has 0 heterocycles. The van der Waals surface area contributed by atoms with Crippen molar-refractivity contribution in [1.29, 1.82) is 0 Å². The van der Waals surface area contributed by atoms with Gasteiger partial charge >= 0.3 is 0 Å². The van der Waals surface area contributed by atoms with Crippen LogP contribution in [0.3, 0.4) is 0 Å². The molecule has 0 saturated heterocycles. The van der Waals surface area contributed by atoms with E-state index in [-0.39, 0.29) is 5.91 Å². The number of para-hydroxylation sites is 1. The second-order valence-electron chi connectivity index (χ2n) is 4.55. The minimum absolute atomic E-state index is 0.0231. The third kappa shape index (κ3) is 4.31. The summed E-state index contributed by atoms with van der Waals surface area (Å²) < 4.78 is 0. The molecule has 0 aromatic heterocycles. The lowest BCUT2D eigenvalue weighted by Crippen LogP contribution is -2.12. The number of carbonyl (C=O) groups excluding carboxylic acids is 1. The summed E-state index contributed by atoms with van der Waals surface area (Å²) >= 11 is 1.61. The lowest BCUT2D eigenvalue weighted by Gasteiger charge is -2.07. The van der Waals surface area contributed by atoms with Crippen molar-refractivity contribution in [2.75, 3.05) is 16.8 Å². The summed E-state index contributed by atoms with van der Waals surface area (Å²) in [6, 6.07) is 15.4. The number of aryl methyl sites for hydroxylation is 1. The largest absolute Gasteiger partial charge is 0.398 e. The highest BCUT2D eigenvalue weighted by Gasteiger charge is 2.04. The molecule has 0 bridgehead atoms. The van der Waals surface area contributed by atoms with Gasteiger partial charge in [-0.1, -0.05) is 24.3 Å². The van der Waals surface area contributed by atoms with Crippen LogP contribution < -0.4 is 11.1 Å². The van der Waals surface area contributed by atoms with Gasteiger partial charge in [-0.15, -0.1) is 11.8 Å². The van der Waals surface area contributed by atoms with Crippen molar-refractivity contribution in [3.8, 4) is 0 Å². The summed E-state index contributed by atoms with van der Waals surface area (Å²) in [7, 11) is 0. The molecular formula is C16H18N2OS. The van der Waals surface area contributed by atoms with Gasteiger partial charge in [0.2, 0.25) is 5.91 Å². The number of benzene rings is 2. The van der Waals surface area contributed by atoms with E-state index in [1.807, 2.05) is 49.4 Å². The number of nitrogens with one attached hydrogen (secondary N) is 1. The zero-order valence-electron chi connectivity index (χ0n) is 11.4. The van der Waals surface area contributed by atoms with E-state index < -0.39 is 0 Å². The highest BCUT2D eigenvalue weighted by molar-refractivity contribution is 7.99. The summed E-state index contributed by atoms with van der Waals surface area (Å²) in [5.41, 5.74) is 8.68. The smallest absolute Gasteiger partial charge is 0.225 e. The molecule has 2 aromatic rings. The van der Waals surface area contributed by atoms with E-state index in [1.54, 1.807) is 11.8 Å². The number of carbonyl (C=O) groups is 1. The van der Waals surface area contributed by atoms with Crippen LogP contribution in [0.5, 0.6) is 0 Å². The van der Waals surface area contributed by atoms with E-state index in [1.165, 1.54) is 5.56 Å². The van der Waals surface area contributed by atoms with Gasteiger partial charge in [-0.2, -0.15) is 0 Å². The average molecular weight is 286 g/mol. The maximum atomic E-state index is 11.8. The van der Waals surface area contributed by atoms with Crippen molar-refractivity contribution in [3.05, 3.63) is 54.1 Å². The zero-order valence-corrected chi connectivity index (χ0v) is 12.2. The molecule has 3 nitrogen and oxygen atoms in total. The lowest BCUT2D eigenvalue weighted by atomic mass is 10.2. The molecule has 0 aliphatic heterocycles. The second kappa shape index (κ2) is 7.01. The Morgan fingerprint density at radius 1 is 1.20 bits per heavy atom. The van der Waals surface area contributed by atoms with Crippen LogP contribution in [-0.4, -0.2) is 11.7 Å². The van der Waals surface area contributed by atoms with Crippen LogP contribution in [0.2, 0.25) is 0 Å². The van der Waals surface area contributed by atoms with Crippen molar-refractivity contribution >= 4 is 29.0 Å². The fraction of sp³-hybridized carbons (Fsp3) is 0.188. The highest BCUT2D eigenvalue weighted by atomic mass is 32.2. The summed E-state index contributed by atoms with van der Waals surface area (Å²) in [6.45, 7) is 2.03. The second-order valence-corrected chi connectivity index (χ2v) is 5.69. The van der Waals surface area contributed by atoms with Crippen LogP contribution in [0.15, 0.2) is 53.4 Å². The quantitative estimate of drug-likeness (QED) is 0.651. The molecule has 0 atom stereocenters. The van der Waals surface area contributed by atoms with E-state index in [2.05, 4.69) is 11.4 Å². The molecule has 0 unspecified atom stereocenters. The number of thioether (sulfide) groups is 1. The zero-order chi connectivity index (χ0) is 14.4. The van der Waals surface area contributed by atoms with Gasteiger partial charge in [0, 0.05) is 28.4 Å². The first kappa shape index (κ1) is 14.5. The molecule has 0 saturated carbocycles. The van der Waals surface area contributed by atoms with Crippen LogP contribution in [0.25, 0.3) is 0 Å². The monoisotopic (exact) mass is 286 g/mol. The average Bonchev–Trinajstić information content (AvgIpc) is 2.44. The molecule has 0 fully saturated rings. The molecule has 2 rings (SSSR count). The van der Waals surface area contributed by atoms with E-state index >= 15 is 0 Å². The SMILES string of the molecule is Cc1ccc(N)c(SCCC(=O)Nc2ccccc2)c1. The first-order valence-corrected chi connectivity index (χ1v) is 7.47. The van der Waals surface area contributed by atoms with Gasteiger partial charge in [0.1, 0.15) is 0 Å².